The predicted molar refractivity (Wildman–Crippen MR) is 72.9 cm³/mol. The van der Waals surface area contributed by atoms with Gasteiger partial charge in [-0.3, -0.25) is 10.1 Å². The molecule has 0 bridgehead atoms. The topological polar surface area (TPSA) is 81.0 Å². The van der Waals surface area contributed by atoms with Crippen molar-refractivity contribution in [2.24, 2.45) is 0 Å². The van der Waals surface area contributed by atoms with Crippen LogP contribution < -0.4 is 5.32 Å². The Kier molecular flexibility index (Phi) is 4.21. The van der Waals surface area contributed by atoms with Crippen LogP contribution in [-0.4, -0.2) is 21.4 Å². The first kappa shape index (κ1) is 12.9. The molecule has 0 aromatic carbocycles. The highest BCUT2D eigenvalue weighted by Crippen LogP contribution is 2.25. The molecular formula is C10H9BrN4O2S. The lowest BCUT2D eigenvalue weighted by atomic mass is 10.3. The second-order valence-electron chi connectivity index (χ2n) is 3.43. The average molecular weight is 329 g/mol. The molecule has 1 N–H and O–H groups in total. The van der Waals surface area contributed by atoms with E-state index in [0.717, 1.165) is 5.69 Å². The lowest BCUT2D eigenvalue weighted by Crippen LogP contribution is -2.08. The van der Waals surface area contributed by atoms with Crippen molar-refractivity contribution >= 4 is 38.8 Å². The SMILES string of the molecule is O=[N+]([O-])c1cc(Br)cnc1NCCc1cscn1. The molecule has 6 nitrogen and oxygen atoms in total. The molecule has 0 aliphatic carbocycles. The third-order valence-corrected chi connectivity index (χ3v) is 3.26. The second-order valence-corrected chi connectivity index (χ2v) is 5.07. The molecular weight excluding hydrogens is 320 g/mol. The van der Waals surface area contributed by atoms with Gasteiger partial charge in [-0.2, -0.15) is 0 Å². The maximum Gasteiger partial charge on any atom is 0.312 e. The molecule has 0 aliphatic heterocycles. The van der Waals surface area contributed by atoms with Crippen molar-refractivity contribution in [1.82, 2.24) is 9.97 Å². The second kappa shape index (κ2) is 5.87. The Labute approximate surface area is 115 Å². The summed E-state index contributed by atoms with van der Waals surface area (Å²) in [5.41, 5.74) is 2.69. The minimum absolute atomic E-state index is 0.0392. The number of hydrogen-bond acceptors (Lipinski definition) is 6. The van der Waals surface area contributed by atoms with Gasteiger partial charge in [0.25, 0.3) is 0 Å². The molecule has 2 rings (SSSR count). The number of halogens is 1. The molecule has 2 aromatic rings. The number of pyridine rings is 1. The zero-order valence-electron chi connectivity index (χ0n) is 9.17. The van der Waals surface area contributed by atoms with Gasteiger partial charge in [-0.25, -0.2) is 9.97 Å². The van der Waals surface area contributed by atoms with E-state index in [1.807, 2.05) is 5.38 Å². The number of nitro groups is 1. The van der Waals surface area contributed by atoms with E-state index in [2.05, 4.69) is 31.2 Å². The molecule has 0 saturated carbocycles. The fraction of sp³-hybridized carbons (Fsp3) is 0.200. The van der Waals surface area contributed by atoms with Crippen LogP contribution in [0.4, 0.5) is 11.5 Å². The smallest absolute Gasteiger partial charge is 0.312 e. The minimum Gasteiger partial charge on any atom is -0.364 e. The lowest BCUT2D eigenvalue weighted by Gasteiger charge is -2.05. The van der Waals surface area contributed by atoms with Crippen LogP contribution in [-0.2, 0) is 6.42 Å². The highest BCUT2D eigenvalue weighted by molar-refractivity contribution is 9.10. The van der Waals surface area contributed by atoms with Crippen molar-refractivity contribution in [2.45, 2.75) is 6.42 Å². The van der Waals surface area contributed by atoms with Crippen LogP contribution >= 0.6 is 27.3 Å². The molecule has 0 atom stereocenters. The van der Waals surface area contributed by atoms with E-state index >= 15 is 0 Å². The van der Waals surface area contributed by atoms with Crippen LogP contribution in [0.1, 0.15) is 5.69 Å². The van der Waals surface area contributed by atoms with Crippen molar-refractivity contribution in [2.75, 3.05) is 11.9 Å². The van der Waals surface area contributed by atoms with Gasteiger partial charge in [0.05, 0.1) is 16.1 Å². The maximum absolute atomic E-state index is 10.9. The summed E-state index contributed by atoms with van der Waals surface area (Å²) in [4.78, 5) is 18.5. The molecule has 18 heavy (non-hydrogen) atoms. The van der Waals surface area contributed by atoms with Crippen molar-refractivity contribution < 1.29 is 4.92 Å². The molecule has 2 aromatic heterocycles. The lowest BCUT2D eigenvalue weighted by molar-refractivity contribution is -0.384. The Balaban J connectivity index is 2.02. The summed E-state index contributed by atoms with van der Waals surface area (Å²) in [5.74, 6) is 0.276. The van der Waals surface area contributed by atoms with E-state index in [4.69, 9.17) is 0 Å². The van der Waals surface area contributed by atoms with Crippen LogP contribution in [0.25, 0.3) is 0 Å². The Morgan fingerprint density at radius 1 is 1.50 bits per heavy atom. The number of hydrogen-bond donors (Lipinski definition) is 1. The summed E-state index contributed by atoms with van der Waals surface area (Å²) in [7, 11) is 0. The number of thiazole rings is 1. The van der Waals surface area contributed by atoms with Gasteiger partial charge in [0.2, 0.25) is 5.82 Å². The number of aromatic nitrogens is 2. The molecule has 0 saturated heterocycles. The van der Waals surface area contributed by atoms with Gasteiger partial charge < -0.3 is 5.32 Å². The Morgan fingerprint density at radius 3 is 3.00 bits per heavy atom. The van der Waals surface area contributed by atoms with Crippen LogP contribution in [0.5, 0.6) is 0 Å². The number of nitrogens with one attached hydrogen (secondary N) is 1. The van der Waals surface area contributed by atoms with Crippen LogP contribution in [0.2, 0.25) is 0 Å². The van der Waals surface area contributed by atoms with Gasteiger partial charge in [-0.1, -0.05) is 0 Å². The van der Waals surface area contributed by atoms with Crippen LogP contribution in [0.15, 0.2) is 27.6 Å². The summed E-state index contributed by atoms with van der Waals surface area (Å²) in [5, 5.41) is 15.8. The highest BCUT2D eigenvalue weighted by atomic mass is 79.9. The number of nitrogens with zero attached hydrogens (tertiary/aromatic N) is 3. The first-order valence-corrected chi connectivity index (χ1v) is 6.81. The fourth-order valence-corrected chi connectivity index (χ4v) is 2.29. The third kappa shape index (κ3) is 3.23. The maximum atomic E-state index is 10.9. The molecule has 2 heterocycles. The van der Waals surface area contributed by atoms with E-state index in [-0.39, 0.29) is 11.5 Å². The van der Waals surface area contributed by atoms with Crippen LogP contribution in [0.3, 0.4) is 0 Å². The van der Waals surface area contributed by atoms with Gasteiger partial charge in [0.1, 0.15) is 0 Å². The van der Waals surface area contributed by atoms with Gasteiger partial charge in [0, 0.05) is 35.1 Å². The zero-order chi connectivity index (χ0) is 13.0. The molecule has 8 heteroatoms. The van der Waals surface area contributed by atoms with Crippen molar-refractivity contribution in [3.63, 3.8) is 0 Å². The number of rotatable bonds is 5. The van der Waals surface area contributed by atoms with Crippen molar-refractivity contribution in [1.29, 1.82) is 0 Å². The Hall–Kier alpha value is -1.54. The zero-order valence-corrected chi connectivity index (χ0v) is 11.6. The molecule has 0 aliphatic rings. The minimum atomic E-state index is -0.455. The average Bonchev–Trinajstić information content (AvgIpc) is 2.84. The summed E-state index contributed by atoms with van der Waals surface area (Å²) in [6.45, 7) is 0.555. The summed E-state index contributed by atoms with van der Waals surface area (Å²) in [6.07, 6.45) is 2.23. The normalized spacial score (nSPS) is 10.3. The van der Waals surface area contributed by atoms with E-state index in [1.165, 1.54) is 23.6 Å². The van der Waals surface area contributed by atoms with E-state index in [1.54, 1.807) is 5.51 Å². The Bertz CT molecular complexity index is 547. The van der Waals surface area contributed by atoms with Gasteiger partial charge >= 0.3 is 5.69 Å². The molecule has 0 amide bonds. The van der Waals surface area contributed by atoms with Crippen molar-refractivity contribution in [3.8, 4) is 0 Å². The quantitative estimate of drug-likeness (QED) is 0.674. The fourth-order valence-electron chi connectivity index (χ4n) is 1.37. The molecule has 94 valence electrons. The summed E-state index contributed by atoms with van der Waals surface area (Å²) < 4.78 is 0.583. The summed E-state index contributed by atoms with van der Waals surface area (Å²) >= 11 is 4.69. The van der Waals surface area contributed by atoms with Gasteiger partial charge in [-0.05, 0) is 15.9 Å². The van der Waals surface area contributed by atoms with Crippen LogP contribution in [0, 0.1) is 10.1 Å². The third-order valence-electron chi connectivity index (χ3n) is 2.19. The molecule has 0 radical (unpaired) electrons. The molecule has 0 unspecified atom stereocenters. The predicted octanol–water partition coefficient (Wildman–Crippen LogP) is 2.86. The highest BCUT2D eigenvalue weighted by Gasteiger charge is 2.15. The first-order chi connectivity index (χ1) is 8.66. The number of anilines is 1. The first-order valence-electron chi connectivity index (χ1n) is 5.07. The molecule has 0 spiro atoms. The Morgan fingerprint density at radius 2 is 2.33 bits per heavy atom. The largest absolute Gasteiger partial charge is 0.364 e. The van der Waals surface area contributed by atoms with E-state index in [9.17, 15) is 10.1 Å². The summed E-state index contributed by atoms with van der Waals surface area (Å²) in [6, 6.07) is 1.43. The molecule has 0 fully saturated rings. The standard InChI is InChI=1S/C10H9BrN4O2S/c11-7-3-9(15(16)17)10(13-4-7)12-2-1-8-5-18-6-14-8/h3-6H,1-2H2,(H,12,13). The van der Waals surface area contributed by atoms with E-state index in [0.29, 0.717) is 17.4 Å². The van der Waals surface area contributed by atoms with Gasteiger partial charge in [-0.15, -0.1) is 11.3 Å². The monoisotopic (exact) mass is 328 g/mol. The van der Waals surface area contributed by atoms with E-state index < -0.39 is 4.92 Å². The van der Waals surface area contributed by atoms with Crippen molar-refractivity contribution in [3.05, 3.63) is 43.4 Å². The van der Waals surface area contributed by atoms with Gasteiger partial charge in [0.15, 0.2) is 0 Å².